The van der Waals surface area contributed by atoms with Gasteiger partial charge in [-0.3, -0.25) is 0 Å². The summed E-state index contributed by atoms with van der Waals surface area (Å²) in [5.41, 5.74) is 1.73. The molecule has 1 aromatic carbocycles. The predicted octanol–water partition coefficient (Wildman–Crippen LogP) is 2.96. The fourth-order valence-electron chi connectivity index (χ4n) is 1.08. The van der Waals surface area contributed by atoms with Crippen LogP contribution >= 0.6 is 9.24 Å². The highest BCUT2D eigenvalue weighted by Gasteiger charge is 2.08. The summed E-state index contributed by atoms with van der Waals surface area (Å²) in [4.78, 5) is 0. The Bertz CT molecular complexity index is 241. The average Bonchev–Trinajstić information content (AvgIpc) is 2.04. The van der Waals surface area contributed by atoms with E-state index in [1.54, 1.807) is 12.1 Å². The summed E-state index contributed by atoms with van der Waals surface area (Å²) in [6.45, 7) is 4.37. The van der Waals surface area contributed by atoms with Gasteiger partial charge in [0.1, 0.15) is 5.75 Å². The molecule has 12 heavy (non-hydrogen) atoms. The monoisotopic (exact) mass is 182 g/mol. The van der Waals surface area contributed by atoms with Gasteiger partial charge in [-0.25, -0.2) is 0 Å². The van der Waals surface area contributed by atoms with E-state index in [0.29, 0.717) is 17.3 Å². The molecule has 1 nitrogen and oxygen atoms in total. The quantitative estimate of drug-likeness (QED) is 0.697. The van der Waals surface area contributed by atoms with Crippen molar-refractivity contribution in [3.63, 3.8) is 0 Å². The second kappa shape index (κ2) is 3.91. The van der Waals surface area contributed by atoms with E-state index >= 15 is 0 Å². The molecule has 0 spiro atoms. The first-order valence-electron chi connectivity index (χ1n) is 4.16. The maximum Gasteiger partial charge on any atom is 0.115 e. The van der Waals surface area contributed by atoms with Gasteiger partial charge in [-0.15, -0.1) is 9.24 Å². The number of rotatable bonds is 2. The minimum Gasteiger partial charge on any atom is -0.508 e. The molecule has 0 bridgehead atoms. The molecule has 1 N–H and O–H groups in total. The van der Waals surface area contributed by atoms with Crippen molar-refractivity contribution in [3.05, 3.63) is 29.8 Å². The molecule has 0 amide bonds. The molecule has 2 unspecified atom stereocenters. The van der Waals surface area contributed by atoms with Crippen molar-refractivity contribution in [3.8, 4) is 5.75 Å². The number of hydrogen-bond donors (Lipinski definition) is 1. The molecular weight excluding hydrogens is 167 g/mol. The van der Waals surface area contributed by atoms with E-state index in [4.69, 9.17) is 5.11 Å². The summed E-state index contributed by atoms with van der Waals surface area (Å²) in [5.74, 6) is 0.944. The van der Waals surface area contributed by atoms with Crippen molar-refractivity contribution in [1.29, 1.82) is 0 Å². The molecule has 0 saturated heterocycles. The molecule has 2 atom stereocenters. The molecule has 0 heterocycles. The summed E-state index contributed by atoms with van der Waals surface area (Å²) >= 11 is 0. The zero-order chi connectivity index (χ0) is 9.14. The molecule has 0 aliphatic heterocycles. The van der Waals surface area contributed by atoms with Gasteiger partial charge in [0.05, 0.1) is 0 Å². The van der Waals surface area contributed by atoms with Crippen molar-refractivity contribution in [1.82, 2.24) is 0 Å². The van der Waals surface area contributed by atoms with Crippen LogP contribution in [0.4, 0.5) is 0 Å². The Hall–Kier alpha value is -0.550. The lowest BCUT2D eigenvalue weighted by molar-refractivity contribution is 0.475. The van der Waals surface area contributed by atoms with Gasteiger partial charge in [0.15, 0.2) is 0 Å². The number of hydrogen-bond acceptors (Lipinski definition) is 1. The van der Waals surface area contributed by atoms with Crippen LogP contribution < -0.4 is 0 Å². The van der Waals surface area contributed by atoms with Crippen LogP contribution in [0, 0.1) is 5.92 Å². The Morgan fingerprint density at radius 2 is 1.67 bits per heavy atom. The molecule has 1 aromatic rings. The van der Waals surface area contributed by atoms with Crippen molar-refractivity contribution < 1.29 is 5.11 Å². The van der Waals surface area contributed by atoms with Crippen LogP contribution in [0.3, 0.4) is 0 Å². The van der Waals surface area contributed by atoms with Gasteiger partial charge in [-0.1, -0.05) is 26.0 Å². The minimum atomic E-state index is 0.333. The van der Waals surface area contributed by atoms with Crippen LogP contribution in [0.25, 0.3) is 0 Å². The lowest BCUT2D eigenvalue weighted by Crippen LogP contribution is -1.97. The lowest BCUT2D eigenvalue weighted by atomic mass is 10.0. The van der Waals surface area contributed by atoms with Crippen molar-refractivity contribution in [2.24, 2.45) is 5.92 Å². The normalized spacial score (nSPS) is 13.3. The predicted molar refractivity (Wildman–Crippen MR) is 55.4 cm³/mol. The third-order valence-corrected chi connectivity index (χ3v) is 3.15. The van der Waals surface area contributed by atoms with E-state index < -0.39 is 0 Å². The summed E-state index contributed by atoms with van der Waals surface area (Å²) in [6, 6.07) is 7.39. The van der Waals surface area contributed by atoms with Crippen LogP contribution in [0.1, 0.15) is 25.1 Å². The van der Waals surface area contributed by atoms with E-state index in [1.807, 2.05) is 12.1 Å². The maximum absolute atomic E-state index is 9.07. The first-order chi connectivity index (χ1) is 5.61. The summed E-state index contributed by atoms with van der Waals surface area (Å²) in [6.07, 6.45) is 0. The van der Waals surface area contributed by atoms with Crippen LogP contribution in [-0.4, -0.2) is 5.11 Å². The highest BCUT2D eigenvalue weighted by molar-refractivity contribution is 7.17. The molecule has 2 heteroatoms. The van der Waals surface area contributed by atoms with E-state index in [0.717, 1.165) is 0 Å². The summed E-state index contributed by atoms with van der Waals surface area (Å²) in [5, 5.41) is 9.07. The lowest BCUT2D eigenvalue weighted by Gasteiger charge is -2.15. The molecule has 0 aromatic heterocycles. The van der Waals surface area contributed by atoms with Gasteiger partial charge < -0.3 is 5.11 Å². The molecule has 0 radical (unpaired) electrons. The first kappa shape index (κ1) is 9.54. The van der Waals surface area contributed by atoms with Gasteiger partial charge in [0.25, 0.3) is 0 Å². The van der Waals surface area contributed by atoms with Gasteiger partial charge in [0, 0.05) is 5.66 Å². The standard InChI is InChI=1S/C10H15OP/c1-7(2)10(12)8-3-5-9(11)6-4-8/h3-7,10-11H,12H2,1-2H3. The van der Waals surface area contributed by atoms with Crippen LogP contribution in [-0.2, 0) is 0 Å². The van der Waals surface area contributed by atoms with E-state index in [2.05, 4.69) is 23.1 Å². The molecule has 0 aliphatic rings. The Morgan fingerprint density at radius 1 is 1.17 bits per heavy atom. The van der Waals surface area contributed by atoms with Gasteiger partial charge in [-0.05, 0) is 23.6 Å². The molecule has 0 saturated carbocycles. The topological polar surface area (TPSA) is 20.2 Å². The van der Waals surface area contributed by atoms with E-state index in [1.165, 1.54) is 5.56 Å². The fraction of sp³-hybridized carbons (Fsp3) is 0.400. The highest BCUT2D eigenvalue weighted by Crippen LogP contribution is 2.31. The highest BCUT2D eigenvalue weighted by atomic mass is 31.0. The second-order valence-electron chi connectivity index (χ2n) is 3.36. The van der Waals surface area contributed by atoms with E-state index in [-0.39, 0.29) is 0 Å². The number of benzene rings is 1. The average molecular weight is 182 g/mol. The molecule has 0 fully saturated rings. The Balaban J connectivity index is 2.82. The number of phenolic OH excluding ortho intramolecular Hbond substituents is 1. The number of aromatic hydroxyl groups is 1. The van der Waals surface area contributed by atoms with E-state index in [9.17, 15) is 0 Å². The fourth-order valence-corrected chi connectivity index (χ4v) is 1.30. The Kier molecular flexibility index (Phi) is 3.11. The molecular formula is C10H15OP. The Morgan fingerprint density at radius 3 is 2.08 bits per heavy atom. The third-order valence-electron chi connectivity index (χ3n) is 2.00. The summed E-state index contributed by atoms with van der Waals surface area (Å²) < 4.78 is 0. The minimum absolute atomic E-state index is 0.333. The maximum atomic E-state index is 9.07. The SMILES string of the molecule is CC(C)C(P)c1ccc(O)cc1. The molecule has 1 rings (SSSR count). The van der Waals surface area contributed by atoms with Gasteiger partial charge >= 0.3 is 0 Å². The van der Waals surface area contributed by atoms with Crippen LogP contribution in [0.2, 0.25) is 0 Å². The van der Waals surface area contributed by atoms with Crippen molar-refractivity contribution in [2.45, 2.75) is 19.5 Å². The third kappa shape index (κ3) is 2.22. The largest absolute Gasteiger partial charge is 0.508 e. The molecule has 0 aliphatic carbocycles. The van der Waals surface area contributed by atoms with Gasteiger partial charge in [0.2, 0.25) is 0 Å². The zero-order valence-corrected chi connectivity index (χ0v) is 8.64. The van der Waals surface area contributed by atoms with Crippen molar-refractivity contribution >= 4 is 9.24 Å². The smallest absolute Gasteiger partial charge is 0.115 e. The van der Waals surface area contributed by atoms with Gasteiger partial charge in [-0.2, -0.15) is 0 Å². The first-order valence-corrected chi connectivity index (χ1v) is 4.82. The molecule has 66 valence electrons. The number of phenols is 1. The zero-order valence-electron chi connectivity index (χ0n) is 7.49. The summed E-state index contributed by atoms with van der Waals surface area (Å²) in [7, 11) is 2.82. The van der Waals surface area contributed by atoms with Crippen LogP contribution in [0.15, 0.2) is 24.3 Å². The second-order valence-corrected chi connectivity index (χ2v) is 4.08. The van der Waals surface area contributed by atoms with Crippen LogP contribution in [0.5, 0.6) is 5.75 Å². The Labute approximate surface area is 76.0 Å². The van der Waals surface area contributed by atoms with Crippen molar-refractivity contribution in [2.75, 3.05) is 0 Å².